The number of nitrogens with zero attached hydrogens (tertiary/aromatic N) is 6. The van der Waals surface area contributed by atoms with E-state index >= 15 is 0 Å². The number of aromatic nitrogens is 2. The van der Waals surface area contributed by atoms with Crippen LogP contribution in [0.1, 0.15) is 56.9 Å². The van der Waals surface area contributed by atoms with Crippen LogP contribution in [0.15, 0.2) is 52.6 Å². The summed E-state index contributed by atoms with van der Waals surface area (Å²) in [6.45, 7) is 6.27. The minimum atomic E-state index is -1.28. The third kappa shape index (κ3) is 4.25. The number of benzene rings is 1. The first-order chi connectivity index (χ1) is 17.6. The molecule has 1 aromatic carbocycles. The normalized spacial score (nSPS) is 30.1. The molecule has 2 aromatic rings. The quantitative estimate of drug-likeness (QED) is 0.558. The second-order valence-corrected chi connectivity index (χ2v) is 11.1. The van der Waals surface area contributed by atoms with Crippen LogP contribution >= 0.6 is 11.6 Å². The summed E-state index contributed by atoms with van der Waals surface area (Å²) in [7, 11) is 0. The minimum Gasteiger partial charge on any atom is -0.367 e. The molecule has 4 heterocycles. The fourth-order valence-corrected chi connectivity index (χ4v) is 5.02. The molecule has 0 radical (unpaired) electrons. The van der Waals surface area contributed by atoms with Gasteiger partial charge >= 0.3 is 0 Å². The maximum Gasteiger partial charge on any atom is 0.255 e. The molecule has 194 valence electrons. The van der Waals surface area contributed by atoms with Gasteiger partial charge in [-0.3, -0.25) is 19.4 Å². The average molecular weight is 529 g/mol. The molecule has 3 aliphatic heterocycles. The van der Waals surface area contributed by atoms with E-state index in [1.807, 2.05) is 28.9 Å². The van der Waals surface area contributed by atoms with Gasteiger partial charge in [0.05, 0.1) is 37.1 Å². The zero-order valence-corrected chi connectivity index (χ0v) is 21.5. The standard InChI is InChI=1S/C26H27ClF2N6O2/c1-14-10-33(12-21(37-14)16-9-30-35(11-16)18-5-6-18)22-13-34-24(31-15(2)26(3,27)25(34)36)23(32-22)19-7-4-17(28)8-20(19)29/h4,7-9,11,13-15,18,21H,5-6,10,12H2,1-3H3. The van der Waals surface area contributed by atoms with Crippen molar-refractivity contribution in [2.24, 2.45) is 9.98 Å². The van der Waals surface area contributed by atoms with E-state index in [1.54, 1.807) is 20.0 Å². The Hall–Kier alpha value is -3.11. The Labute approximate surface area is 218 Å². The molecule has 1 amide bonds. The van der Waals surface area contributed by atoms with Gasteiger partial charge in [-0.1, -0.05) is 0 Å². The van der Waals surface area contributed by atoms with Crippen molar-refractivity contribution in [3.63, 3.8) is 0 Å². The molecule has 2 fully saturated rings. The van der Waals surface area contributed by atoms with Gasteiger partial charge in [0.15, 0.2) is 5.84 Å². The number of rotatable bonds is 4. The van der Waals surface area contributed by atoms with Crippen LogP contribution in [0, 0.1) is 11.6 Å². The summed E-state index contributed by atoms with van der Waals surface area (Å²) < 4.78 is 36.9. The Morgan fingerprint density at radius 2 is 1.97 bits per heavy atom. The van der Waals surface area contributed by atoms with E-state index in [-0.39, 0.29) is 35.2 Å². The Morgan fingerprint density at radius 3 is 2.70 bits per heavy atom. The fourth-order valence-electron chi connectivity index (χ4n) is 4.88. The molecule has 0 N–H and O–H groups in total. The van der Waals surface area contributed by atoms with E-state index in [4.69, 9.17) is 21.3 Å². The van der Waals surface area contributed by atoms with Crippen LogP contribution in [0.2, 0.25) is 0 Å². The molecule has 37 heavy (non-hydrogen) atoms. The summed E-state index contributed by atoms with van der Waals surface area (Å²) >= 11 is 6.60. The summed E-state index contributed by atoms with van der Waals surface area (Å²) in [6, 6.07) is 3.15. The number of amidine groups is 1. The molecule has 1 aliphatic carbocycles. The largest absolute Gasteiger partial charge is 0.367 e. The number of carbonyl (C=O) groups is 1. The van der Waals surface area contributed by atoms with E-state index in [1.165, 1.54) is 11.0 Å². The average Bonchev–Trinajstić information content (AvgIpc) is 3.58. The molecule has 8 nitrogen and oxygen atoms in total. The van der Waals surface area contributed by atoms with Gasteiger partial charge in [0.25, 0.3) is 5.91 Å². The number of alkyl halides is 1. The van der Waals surface area contributed by atoms with Gasteiger partial charge in [-0.15, -0.1) is 11.6 Å². The van der Waals surface area contributed by atoms with Crippen molar-refractivity contribution in [3.05, 3.63) is 65.4 Å². The van der Waals surface area contributed by atoms with Crippen molar-refractivity contribution in [2.45, 2.75) is 62.8 Å². The smallest absolute Gasteiger partial charge is 0.255 e. The zero-order valence-electron chi connectivity index (χ0n) is 20.7. The molecule has 1 saturated carbocycles. The highest BCUT2D eigenvalue weighted by Crippen LogP contribution is 2.37. The van der Waals surface area contributed by atoms with E-state index in [2.05, 4.69) is 10.1 Å². The Kier molecular flexibility index (Phi) is 5.72. The van der Waals surface area contributed by atoms with Crippen LogP contribution in [-0.4, -0.2) is 67.1 Å². The molecule has 1 saturated heterocycles. The first-order valence-electron chi connectivity index (χ1n) is 12.4. The molecule has 4 unspecified atom stereocenters. The van der Waals surface area contributed by atoms with Crippen molar-refractivity contribution in [3.8, 4) is 0 Å². The van der Waals surface area contributed by atoms with Crippen LogP contribution in [-0.2, 0) is 9.53 Å². The number of ether oxygens (including phenoxy) is 1. The van der Waals surface area contributed by atoms with E-state index in [9.17, 15) is 13.6 Å². The SMILES string of the molecule is CC1CN(C2=CN3C(=O)C(C)(Cl)C(C)N=C3C(c3ccc(F)cc3F)=N2)CC(c2cnn(C3CC3)c2)O1. The van der Waals surface area contributed by atoms with Crippen molar-refractivity contribution in [1.82, 2.24) is 19.6 Å². The van der Waals surface area contributed by atoms with Gasteiger partial charge < -0.3 is 9.64 Å². The Bertz CT molecular complexity index is 1360. The molecular weight excluding hydrogens is 502 g/mol. The van der Waals surface area contributed by atoms with Crippen LogP contribution in [0.5, 0.6) is 0 Å². The fraction of sp³-hybridized carbons (Fsp3) is 0.462. The maximum atomic E-state index is 15.0. The van der Waals surface area contributed by atoms with Crippen molar-refractivity contribution < 1.29 is 18.3 Å². The number of morpholine rings is 1. The zero-order chi connectivity index (χ0) is 26.1. The van der Waals surface area contributed by atoms with Crippen LogP contribution in [0.4, 0.5) is 8.78 Å². The highest BCUT2D eigenvalue weighted by molar-refractivity contribution is 6.52. The number of hydrogen-bond donors (Lipinski definition) is 0. The van der Waals surface area contributed by atoms with Crippen molar-refractivity contribution in [1.29, 1.82) is 0 Å². The first kappa shape index (κ1) is 24.2. The number of carbonyl (C=O) groups excluding carboxylic acids is 1. The number of amides is 1. The number of halogens is 3. The minimum absolute atomic E-state index is 0.0532. The molecule has 6 rings (SSSR count). The lowest BCUT2D eigenvalue weighted by Gasteiger charge is -2.42. The molecule has 11 heteroatoms. The number of fused-ring (bicyclic) bond motifs is 1. The van der Waals surface area contributed by atoms with Crippen LogP contribution < -0.4 is 0 Å². The second-order valence-electron chi connectivity index (χ2n) is 10.3. The molecule has 0 spiro atoms. The summed E-state index contributed by atoms with van der Waals surface area (Å²) in [6.07, 6.45) is 7.31. The summed E-state index contributed by atoms with van der Waals surface area (Å²) in [5.41, 5.74) is 1.17. The summed E-state index contributed by atoms with van der Waals surface area (Å²) in [5, 5.41) is 4.49. The molecule has 4 aliphatic rings. The van der Waals surface area contributed by atoms with E-state index in [0.29, 0.717) is 25.0 Å². The topological polar surface area (TPSA) is 75.3 Å². The predicted octanol–water partition coefficient (Wildman–Crippen LogP) is 4.19. The molecule has 4 atom stereocenters. The Balaban J connectivity index is 1.40. The van der Waals surface area contributed by atoms with Crippen LogP contribution in [0.3, 0.4) is 0 Å². The van der Waals surface area contributed by atoms with Crippen molar-refractivity contribution in [2.75, 3.05) is 13.1 Å². The molecule has 0 bridgehead atoms. The van der Waals surface area contributed by atoms with Gasteiger partial charge in [0, 0.05) is 29.9 Å². The summed E-state index contributed by atoms with van der Waals surface area (Å²) in [4.78, 5) is 24.9. The highest BCUT2D eigenvalue weighted by atomic mass is 35.5. The highest BCUT2D eigenvalue weighted by Gasteiger charge is 2.48. The molecule has 1 aromatic heterocycles. The van der Waals surface area contributed by atoms with E-state index in [0.717, 1.165) is 30.5 Å². The van der Waals surface area contributed by atoms with Gasteiger partial charge in [-0.25, -0.2) is 13.8 Å². The Morgan fingerprint density at radius 1 is 1.19 bits per heavy atom. The lowest BCUT2D eigenvalue weighted by Crippen LogP contribution is -2.57. The lowest BCUT2D eigenvalue weighted by molar-refractivity contribution is -0.129. The van der Waals surface area contributed by atoms with Crippen LogP contribution in [0.25, 0.3) is 0 Å². The molecular formula is C26H27ClF2N6O2. The third-order valence-corrected chi connectivity index (χ3v) is 7.81. The van der Waals surface area contributed by atoms with Gasteiger partial charge in [-0.05, 0) is 45.7 Å². The third-order valence-electron chi connectivity index (χ3n) is 7.33. The van der Waals surface area contributed by atoms with Gasteiger partial charge in [0.2, 0.25) is 0 Å². The number of hydrogen-bond acceptors (Lipinski definition) is 6. The monoisotopic (exact) mass is 528 g/mol. The maximum absolute atomic E-state index is 15.0. The number of aliphatic imine (C=N–C) groups is 2. The first-order valence-corrected chi connectivity index (χ1v) is 12.8. The summed E-state index contributed by atoms with van der Waals surface area (Å²) in [5.74, 6) is -1.24. The predicted molar refractivity (Wildman–Crippen MR) is 134 cm³/mol. The van der Waals surface area contributed by atoms with Gasteiger partial charge in [0.1, 0.15) is 34.1 Å². The van der Waals surface area contributed by atoms with Crippen molar-refractivity contribution >= 4 is 29.1 Å². The second kappa shape index (κ2) is 8.73. The lowest BCUT2D eigenvalue weighted by atomic mass is 9.96. The van der Waals surface area contributed by atoms with E-state index < -0.39 is 22.6 Å². The van der Waals surface area contributed by atoms with Gasteiger partial charge in [-0.2, -0.15) is 5.10 Å².